The standard InChI is InChI=1S/C10H16NO3.3C4H9.Sn/c1-6-7-11(8(2)12)9(13)14-10(3,4)5;3*1-3-4-2;/h1,6H,7H2,2-5H3;3*1,3-4H2,2H3;. The zero-order valence-corrected chi connectivity index (χ0v) is 21.8. The molecule has 0 atom stereocenters. The number of hydrogen-bond acceptors (Lipinski definition) is 3. The van der Waals surface area contributed by atoms with Crippen molar-refractivity contribution in [2.24, 2.45) is 0 Å². The van der Waals surface area contributed by atoms with Crippen LogP contribution in [0.2, 0.25) is 13.3 Å². The van der Waals surface area contributed by atoms with Gasteiger partial charge in [-0.3, -0.25) is 0 Å². The number of rotatable bonds is 12. The van der Waals surface area contributed by atoms with E-state index in [0.717, 1.165) is 0 Å². The zero-order valence-electron chi connectivity index (χ0n) is 18.9. The summed E-state index contributed by atoms with van der Waals surface area (Å²) < 4.78 is 12.0. The Bertz CT molecular complexity index is 447. The van der Waals surface area contributed by atoms with Gasteiger partial charge in [-0.25, -0.2) is 0 Å². The second kappa shape index (κ2) is 13.6. The minimum absolute atomic E-state index is 0.259. The van der Waals surface area contributed by atoms with Crippen molar-refractivity contribution in [3.05, 3.63) is 10.2 Å². The van der Waals surface area contributed by atoms with Crippen LogP contribution in [0.4, 0.5) is 4.79 Å². The van der Waals surface area contributed by atoms with Gasteiger partial charge in [0.1, 0.15) is 0 Å². The number of unbranched alkanes of at least 4 members (excludes halogenated alkanes) is 3. The molecule has 0 aromatic carbocycles. The van der Waals surface area contributed by atoms with E-state index in [1.807, 2.05) is 20.8 Å². The molecule has 0 aliphatic heterocycles. The summed E-state index contributed by atoms with van der Waals surface area (Å²) in [5, 5.41) is 0. The number of hydrogen-bond donors (Lipinski definition) is 0. The second-order valence-corrected chi connectivity index (χ2v) is 21.7. The Labute approximate surface area is 172 Å². The van der Waals surface area contributed by atoms with Crippen LogP contribution in [-0.2, 0) is 9.53 Å². The summed E-state index contributed by atoms with van der Waals surface area (Å²) >= 11 is -2.38. The Balaban J connectivity index is 5.29. The Morgan fingerprint density at radius 2 is 1.37 bits per heavy atom. The van der Waals surface area contributed by atoms with E-state index < -0.39 is 30.1 Å². The van der Waals surface area contributed by atoms with Gasteiger partial charge in [0.2, 0.25) is 0 Å². The van der Waals surface area contributed by atoms with Crippen LogP contribution in [0, 0.1) is 0 Å². The van der Waals surface area contributed by atoms with Crippen LogP contribution in [0.1, 0.15) is 87.0 Å². The maximum absolute atomic E-state index is 12.3. The van der Waals surface area contributed by atoms with E-state index in [0.29, 0.717) is 6.54 Å². The molecule has 5 heteroatoms. The van der Waals surface area contributed by atoms with E-state index >= 15 is 0 Å². The molecule has 0 aromatic rings. The molecule has 158 valence electrons. The Morgan fingerprint density at radius 1 is 0.926 bits per heavy atom. The Morgan fingerprint density at radius 3 is 1.70 bits per heavy atom. The third kappa shape index (κ3) is 11.8. The second-order valence-electron chi connectivity index (χ2n) is 8.69. The van der Waals surface area contributed by atoms with Crippen LogP contribution in [0.25, 0.3) is 0 Å². The summed E-state index contributed by atoms with van der Waals surface area (Å²) in [6.07, 6.45) is 9.18. The molecular weight excluding hydrogens is 445 g/mol. The molecule has 0 bridgehead atoms. The molecule has 0 saturated heterocycles. The van der Waals surface area contributed by atoms with E-state index in [-0.39, 0.29) is 5.91 Å². The molecule has 0 unspecified atom stereocenters. The van der Waals surface area contributed by atoms with Crippen LogP contribution in [0.3, 0.4) is 0 Å². The number of nitrogens with zero attached hydrogens (tertiary/aromatic N) is 1. The molecule has 0 aromatic heterocycles. The Kier molecular flexibility index (Phi) is 13.4. The summed E-state index contributed by atoms with van der Waals surface area (Å²) in [7, 11) is 0. The first-order chi connectivity index (χ1) is 12.6. The SMILES string of the molecule is CCC[CH2][Sn](/[CH]=C/CN(C(C)=O)C(=O)OC(C)(C)C)([CH2]CCC)[CH2]CCC. The first kappa shape index (κ1) is 26.5. The molecule has 27 heavy (non-hydrogen) atoms. The summed E-state index contributed by atoms with van der Waals surface area (Å²) in [6, 6.07) is 0. The number of carbonyl (C=O) groups excluding carboxylic acids is 2. The summed E-state index contributed by atoms with van der Waals surface area (Å²) in [6.45, 7) is 14.0. The van der Waals surface area contributed by atoms with Gasteiger partial charge in [-0.15, -0.1) is 0 Å². The number of carbonyl (C=O) groups is 2. The third-order valence-corrected chi connectivity index (χ3v) is 19.1. The average Bonchev–Trinajstić information content (AvgIpc) is 2.57. The molecule has 0 rings (SSSR count). The van der Waals surface area contributed by atoms with E-state index in [2.05, 4.69) is 30.9 Å². The third-order valence-electron chi connectivity index (χ3n) is 4.84. The minimum atomic E-state index is -2.38. The fourth-order valence-electron chi connectivity index (χ4n) is 3.27. The van der Waals surface area contributed by atoms with Crippen LogP contribution in [0.5, 0.6) is 0 Å². The monoisotopic (exact) mass is 489 g/mol. The zero-order chi connectivity index (χ0) is 20.9. The molecule has 0 heterocycles. The van der Waals surface area contributed by atoms with Gasteiger partial charge < -0.3 is 0 Å². The normalized spacial score (nSPS) is 12.4. The average molecular weight is 488 g/mol. The molecule has 0 aliphatic carbocycles. The maximum atomic E-state index is 12.3. The van der Waals surface area contributed by atoms with Crippen molar-refractivity contribution in [1.82, 2.24) is 4.90 Å². The van der Waals surface area contributed by atoms with Crippen molar-refractivity contribution >= 4 is 30.4 Å². The predicted octanol–water partition coefficient (Wildman–Crippen LogP) is 6.71. The molecule has 0 radical (unpaired) electrons. The molecule has 4 nitrogen and oxygen atoms in total. The van der Waals surface area contributed by atoms with Gasteiger partial charge in [-0.2, -0.15) is 0 Å². The van der Waals surface area contributed by atoms with E-state index in [1.165, 1.54) is 63.7 Å². The summed E-state index contributed by atoms with van der Waals surface area (Å²) in [5.41, 5.74) is -0.596. The topological polar surface area (TPSA) is 46.6 Å². The van der Waals surface area contributed by atoms with Gasteiger partial charge in [-0.05, 0) is 0 Å². The first-order valence-electron chi connectivity index (χ1n) is 10.8. The van der Waals surface area contributed by atoms with Gasteiger partial charge in [0.25, 0.3) is 0 Å². The van der Waals surface area contributed by atoms with Gasteiger partial charge in [-0.1, -0.05) is 0 Å². The first-order valence-corrected chi connectivity index (χ1v) is 18.5. The molecular formula is C22H43NO3Sn. The van der Waals surface area contributed by atoms with Gasteiger partial charge in [0, 0.05) is 0 Å². The van der Waals surface area contributed by atoms with Crippen molar-refractivity contribution in [2.75, 3.05) is 6.54 Å². The van der Waals surface area contributed by atoms with Crippen molar-refractivity contribution in [3.63, 3.8) is 0 Å². The molecule has 0 N–H and O–H groups in total. The summed E-state index contributed by atoms with van der Waals surface area (Å²) in [4.78, 5) is 25.5. The van der Waals surface area contributed by atoms with Crippen LogP contribution < -0.4 is 0 Å². The Hall–Kier alpha value is -0.521. The van der Waals surface area contributed by atoms with Gasteiger partial charge in [0.15, 0.2) is 0 Å². The molecule has 0 aliphatic rings. The number of imide groups is 1. The fourth-order valence-corrected chi connectivity index (χ4v) is 17.6. The molecule has 0 saturated carbocycles. The van der Waals surface area contributed by atoms with E-state index in [1.54, 1.807) is 0 Å². The van der Waals surface area contributed by atoms with E-state index in [4.69, 9.17) is 4.74 Å². The van der Waals surface area contributed by atoms with Crippen LogP contribution in [0.15, 0.2) is 10.2 Å². The predicted molar refractivity (Wildman–Crippen MR) is 118 cm³/mol. The molecule has 0 fully saturated rings. The molecule has 0 spiro atoms. The quantitative estimate of drug-likeness (QED) is 0.287. The fraction of sp³-hybridized carbons (Fsp3) is 0.818. The van der Waals surface area contributed by atoms with Crippen molar-refractivity contribution in [2.45, 2.75) is 106 Å². The van der Waals surface area contributed by atoms with Crippen molar-refractivity contribution in [3.8, 4) is 0 Å². The van der Waals surface area contributed by atoms with Gasteiger partial charge in [0.05, 0.1) is 0 Å². The molecule has 2 amide bonds. The number of ether oxygens (including phenoxy) is 1. The van der Waals surface area contributed by atoms with Gasteiger partial charge >= 0.3 is 172 Å². The summed E-state index contributed by atoms with van der Waals surface area (Å²) in [5.74, 6) is -0.259. The number of amides is 2. The van der Waals surface area contributed by atoms with E-state index in [9.17, 15) is 9.59 Å². The van der Waals surface area contributed by atoms with Crippen LogP contribution >= 0.6 is 0 Å². The van der Waals surface area contributed by atoms with Crippen molar-refractivity contribution in [1.29, 1.82) is 0 Å². The van der Waals surface area contributed by atoms with Crippen molar-refractivity contribution < 1.29 is 14.3 Å². The van der Waals surface area contributed by atoms with Crippen LogP contribution in [-0.4, -0.2) is 47.4 Å².